The van der Waals surface area contributed by atoms with Gasteiger partial charge >= 0.3 is 0 Å². The zero-order valence-electron chi connectivity index (χ0n) is 38.0. The van der Waals surface area contributed by atoms with Crippen molar-refractivity contribution >= 4 is 34.1 Å². The Bertz CT molecular complexity index is 3540. The van der Waals surface area contributed by atoms with Gasteiger partial charge < -0.3 is 9.80 Å². The SMILES string of the molecule is c1ccc(-c2ccc(N(c3ccc(-c4ccccc4)cc3)c3ccc4c(c3)-c3ccccc3C43c4ccccc4-c4c(N(c5ccccc5)c5ccc(-c6ccccc6)cc5)cccc43)cc2)cc1. The van der Waals surface area contributed by atoms with E-state index in [4.69, 9.17) is 0 Å². The van der Waals surface area contributed by atoms with Crippen molar-refractivity contribution in [3.8, 4) is 55.6 Å². The van der Waals surface area contributed by atoms with E-state index in [0.29, 0.717) is 0 Å². The normalized spacial score (nSPS) is 13.9. The first-order chi connectivity index (χ1) is 34.2. The van der Waals surface area contributed by atoms with Crippen LogP contribution in [0.5, 0.6) is 0 Å². The summed E-state index contributed by atoms with van der Waals surface area (Å²) >= 11 is 0. The summed E-state index contributed by atoms with van der Waals surface area (Å²) in [5.74, 6) is 0. The maximum absolute atomic E-state index is 2.44. The van der Waals surface area contributed by atoms with E-state index in [1.165, 1.54) is 77.9 Å². The van der Waals surface area contributed by atoms with Crippen molar-refractivity contribution in [3.63, 3.8) is 0 Å². The third kappa shape index (κ3) is 6.64. The number of anilines is 6. The van der Waals surface area contributed by atoms with Gasteiger partial charge in [-0.2, -0.15) is 0 Å². The molecule has 0 bridgehead atoms. The van der Waals surface area contributed by atoms with Gasteiger partial charge in [-0.1, -0.05) is 212 Å². The van der Waals surface area contributed by atoms with Crippen molar-refractivity contribution in [2.24, 2.45) is 0 Å². The summed E-state index contributed by atoms with van der Waals surface area (Å²) < 4.78 is 0. The standard InChI is InChI=1S/C67H46N2/c1-5-18-47(19-6-1)50-32-38-54(39-33-50)68(55-40-34-51(35-41-55)48-20-7-2-8-21-48)57-44-45-63-60(46-57)58-26-13-15-28-61(58)67(63)62-29-16-14-27-59(62)66-64(67)30-17-31-65(66)69(53-24-11-4-12-25-53)56-42-36-52(37-43-56)49-22-9-3-10-23-49/h1-46H. The molecule has 2 nitrogen and oxygen atoms in total. The van der Waals surface area contributed by atoms with E-state index in [1.807, 2.05) is 0 Å². The molecule has 2 heteroatoms. The Morgan fingerprint density at radius 2 is 0.580 bits per heavy atom. The maximum Gasteiger partial charge on any atom is 0.0726 e. The summed E-state index contributed by atoms with van der Waals surface area (Å²) in [6.07, 6.45) is 0. The molecule has 11 aromatic rings. The molecule has 2 aliphatic carbocycles. The molecular formula is C67H46N2. The molecule has 0 N–H and O–H groups in total. The number of rotatable bonds is 9. The summed E-state index contributed by atoms with van der Waals surface area (Å²) in [5, 5.41) is 0. The number of para-hydroxylation sites is 1. The molecule has 0 radical (unpaired) electrons. The minimum absolute atomic E-state index is 0.536. The predicted molar refractivity (Wildman–Crippen MR) is 288 cm³/mol. The molecule has 0 heterocycles. The monoisotopic (exact) mass is 878 g/mol. The Hall–Kier alpha value is -8.98. The molecule has 0 aromatic heterocycles. The molecule has 2 aliphatic rings. The number of benzene rings is 11. The molecule has 11 aromatic carbocycles. The molecule has 1 atom stereocenters. The van der Waals surface area contributed by atoms with Gasteiger partial charge in [-0.3, -0.25) is 0 Å². The van der Waals surface area contributed by atoms with Gasteiger partial charge in [0.2, 0.25) is 0 Å². The van der Waals surface area contributed by atoms with Crippen LogP contribution in [0, 0.1) is 0 Å². The van der Waals surface area contributed by atoms with Crippen LogP contribution < -0.4 is 9.80 Å². The molecule has 0 amide bonds. The number of nitrogens with zero attached hydrogens (tertiary/aromatic N) is 2. The fourth-order valence-electron chi connectivity index (χ4n) is 11.2. The van der Waals surface area contributed by atoms with Crippen LogP contribution in [-0.2, 0) is 5.41 Å². The molecule has 13 rings (SSSR count). The van der Waals surface area contributed by atoms with Crippen LogP contribution in [0.2, 0.25) is 0 Å². The smallest absolute Gasteiger partial charge is 0.0726 e. The fraction of sp³-hybridized carbons (Fsp3) is 0.0149. The highest BCUT2D eigenvalue weighted by atomic mass is 15.1. The summed E-state index contributed by atoms with van der Waals surface area (Å²) in [7, 11) is 0. The van der Waals surface area contributed by atoms with Crippen LogP contribution in [0.3, 0.4) is 0 Å². The van der Waals surface area contributed by atoms with E-state index in [9.17, 15) is 0 Å². The van der Waals surface area contributed by atoms with Gasteiger partial charge in [-0.25, -0.2) is 0 Å². The quantitative estimate of drug-likeness (QED) is 0.143. The molecule has 0 aliphatic heterocycles. The first-order valence-corrected chi connectivity index (χ1v) is 23.8. The third-order valence-corrected chi connectivity index (χ3v) is 14.3. The maximum atomic E-state index is 2.44. The molecule has 0 saturated heterocycles. The van der Waals surface area contributed by atoms with Crippen molar-refractivity contribution in [2.75, 3.05) is 9.80 Å². The molecule has 324 valence electrons. The summed E-state index contributed by atoms with van der Waals surface area (Å²) in [6.45, 7) is 0. The molecule has 0 saturated carbocycles. The first kappa shape index (κ1) is 40.3. The van der Waals surface area contributed by atoms with Crippen molar-refractivity contribution in [1.29, 1.82) is 0 Å². The zero-order chi connectivity index (χ0) is 45.7. The highest BCUT2D eigenvalue weighted by Gasteiger charge is 2.52. The molecule has 1 unspecified atom stereocenters. The average molecular weight is 879 g/mol. The summed E-state index contributed by atoms with van der Waals surface area (Å²) in [5.41, 5.74) is 23.6. The molecule has 1 spiro atoms. The first-order valence-electron chi connectivity index (χ1n) is 23.8. The molecule has 69 heavy (non-hydrogen) atoms. The summed E-state index contributed by atoms with van der Waals surface area (Å²) in [6, 6.07) is 102. The van der Waals surface area contributed by atoms with Crippen LogP contribution in [-0.4, -0.2) is 0 Å². The topological polar surface area (TPSA) is 6.48 Å². The van der Waals surface area contributed by atoms with E-state index in [-0.39, 0.29) is 0 Å². The molecular weight excluding hydrogens is 833 g/mol. The highest BCUT2D eigenvalue weighted by molar-refractivity contribution is 6.02. The Morgan fingerprint density at radius 1 is 0.217 bits per heavy atom. The van der Waals surface area contributed by atoms with Crippen LogP contribution in [0.25, 0.3) is 55.6 Å². The van der Waals surface area contributed by atoms with E-state index in [2.05, 4.69) is 289 Å². The zero-order valence-corrected chi connectivity index (χ0v) is 38.0. The lowest BCUT2D eigenvalue weighted by Gasteiger charge is -2.32. The van der Waals surface area contributed by atoms with E-state index >= 15 is 0 Å². The molecule has 0 fully saturated rings. The Balaban J connectivity index is 0.986. The van der Waals surface area contributed by atoms with E-state index in [0.717, 1.165) is 34.1 Å². The minimum Gasteiger partial charge on any atom is -0.310 e. The Kier molecular flexibility index (Phi) is 9.77. The van der Waals surface area contributed by atoms with Crippen molar-refractivity contribution < 1.29 is 0 Å². The van der Waals surface area contributed by atoms with Gasteiger partial charge in [0, 0.05) is 34.0 Å². The summed E-state index contributed by atoms with van der Waals surface area (Å²) in [4.78, 5) is 4.85. The predicted octanol–water partition coefficient (Wildman–Crippen LogP) is 18.0. The second kappa shape index (κ2) is 16.7. The van der Waals surface area contributed by atoms with Crippen LogP contribution in [0.15, 0.2) is 279 Å². The van der Waals surface area contributed by atoms with E-state index < -0.39 is 5.41 Å². The van der Waals surface area contributed by atoms with Crippen LogP contribution in [0.1, 0.15) is 22.3 Å². The number of fused-ring (bicyclic) bond motifs is 10. The van der Waals surface area contributed by atoms with Crippen molar-refractivity contribution in [3.05, 3.63) is 301 Å². The van der Waals surface area contributed by atoms with Gasteiger partial charge in [-0.05, 0) is 139 Å². The lowest BCUT2D eigenvalue weighted by Crippen LogP contribution is -2.26. The van der Waals surface area contributed by atoms with Gasteiger partial charge in [0.1, 0.15) is 0 Å². The largest absolute Gasteiger partial charge is 0.310 e. The number of hydrogen-bond donors (Lipinski definition) is 0. The number of hydrogen-bond acceptors (Lipinski definition) is 2. The van der Waals surface area contributed by atoms with Crippen molar-refractivity contribution in [1.82, 2.24) is 0 Å². The van der Waals surface area contributed by atoms with Gasteiger partial charge in [0.15, 0.2) is 0 Å². The Labute approximate surface area is 404 Å². The Morgan fingerprint density at radius 3 is 1.10 bits per heavy atom. The lowest BCUT2D eigenvalue weighted by molar-refractivity contribution is 0.793. The van der Waals surface area contributed by atoms with Crippen LogP contribution in [0.4, 0.5) is 34.1 Å². The lowest BCUT2D eigenvalue weighted by atomic mass is 9.70. The third-order valence-electron chi connectivity index (χ3n) is 14.3. The van der Waals surface area contributed by atoms with Crippen molar-refractivity contribution in [2.45, 2.75) is 5.41 Å². The van der Waals surface area contributed by atoms with Gasteiger partial charge in [-0.15, -0.1) is 0 Å². The average Bonchev–Trinajstić information content (AvgIpc) is 3.90. The van der Waals surface area contributed by atoms with Gasteiger partial charge in [0.25, 0.3) is 0 Å². The highest BCUT2D eigenvalue weighted by Crippen LogP contribution is 2.65. The second-order valence-corrected chi connectivity index (χ2v) is 18.0. The van der Waals surface area contributed by atoms with Gasteiger partial charge in [0.05, 0.1) is 11.1 Å². The fourth-order valence-corrected chi connectivity index (χ4v) is 11.2. The van der Waals surface area contributed by atoms with E-state index in [1.54, 1.807) is 0 Å². The second-order valence-electron chi connectivity index (χ2n) is 18.0. The minimum atomic E-state index is -0.536. The van der Waals surface area contributed by atoms with Crippen LogP contribution >= 0.6 is 0 Å².